The summed E-state index contributed by atoms with van der Waals surface area (Å²) < 4.78 is 5.08. The molecule has 0 saturated heterocycles. The van der Waals surface area contributed by atoms with Crippen LogP contribution in [0.25, 0.3) is 76.9 Å². The van der Waals surface area contributed by atoms with Crippen molar-refractivity contribution in [3.05, 3.63) is 157 Å². The van der Waals surface area contributed by atoms with Crippen LogP contribution in [-0.4, -0.2) is 9.13 Å². The largest absolute Gasteiger partial charge is 0.307 e. The standard InChI is InChI=1S/C46H36N2/c1-3-13-31(14-4-1)35-27-36(32-15-5-2-6-16-32)30-38(29-35)48-44-22-12-10-20-40(44)42-26-25-41-39-19-9-11-21-43(39)47(45(41)46(42)48)37-24-23-33-17-7-8-18-34(33)28-37/h1,3-4,7-14,17-30,32H,2,5-6,15-16H2. The Labute approximate surface area is 280 Å². The summed E-state index contributed by atoms with van der Waals surface area (Å²) in [6, 6.07) is 56.5. The van der Waals surface area contributed by atoms with Gasteiger partial charge in [0.15, 0.2) is 0 Å². The van der Waals surface area contributed by atoms with Gasteiger partial charge in [-0.25, -0.2) is 0 Å². The van der Waals surface area contributed by atoms with Crippen molar-refractivity contribution in [2.45, 2.75) is 38.0 Å². The van der Waals surface area contributed by atoms with Crippen LogP contribution in [-0.2, 0) is 0 Å². The maximum Gasteiger partial charge on any atom is 0.0788 e. The van der Waals surface area contributed by atoms with Crippen molar-refractivity contribution in [3.63, 3.8) is 0 Å². The van der Waals surface area contributed by atoms with Gasteiger partial charge in [-0.2, -0.15) is 0 Å². The molecule has 0 amide bonds. The second kappa shape index (κ2) is 11.0. The van der Waals surface area contributed by atoms with Gasteiger partial charge < -0.3 is 9.13 Å². The summed E-state index contributed by atoms with van der Waals surface area (Å²) in [6.45, 7) is 0. The number of para-hydroxylation sites is 2. The normalized spacial score (nSPS) is 14.2. The van der Waals surface area contributed by atoms with Gasteiger partial charge in [0.1, 0.15) is 0 Å². The molecule has 0 bridgehead atoms. The number of hydrogen-bond acceptors (Lipinski definition) is 0. The predicted octanol–water partition coefficient (Wildman–Crippen LogP) is 12.7. The molecule has 2 heteroatoms. The van der Waals surface area contributed by atoms with Crippen molar-refractivity contribution in [1.82, 2.24) is 9.13 Å². The first kappa shape index (κ1) is 27.5. The van der Waals surface area contributed by atoms with E-state index >= 15 is 0 Å². The van der Waals surface area contributed by atoms with Gasteiger partial charge in [-0.15, -0.1) is 0 Å². The van der Waals surface area contributed by atoms with Crippen molar-refractivity contribution >= 4 is 54.4 Å². The average molecular weight is 617 g/mol. The summed E-state index contributed by atoms with van der Waals surface area (Å²) in [5.41, 5.74) is 11.5. The third kappa shape index (κ3) is 4.26. The Kier molecular flexibility index (Phi) is 6.30. The van der Waals surface area contributed by atoms with E-state index < -0.39 is 0 Å². The lowest BCUT2D eigenvalue weighted by molar-refractivity contribution is 0.443. The molecular weight excluding hydrogens is 581 g/mol. The molecule has 10 rings (SSSR count). The fraction of sp³-hybridized carbons (Fsp3) is 0.130. The zero-order valence-electron chi connectivity index (χ0n) is 26.9. The average Bonchev–Trinajstić information content (AvgIpc) is 3.68. The number of nitrogens with zero attached hydrogens (tertiary/aromatic N) is 2. The van der Waals surface area contributed by atoms with Gasteiger partial charge in [0.05, 0.1) is 22.1 Å². The highest BCUT2D eigenvalue weighted by Gasteiger charge is 2.23. The van der Waals surface area contributed by atoms with Crippen LogP contribution in [0.5, 0.6) is 0 Å². The molecular formula is C46H36N2. The van der Waals surface area contributed by atoms with Crippen LogP contribution in [0.1, 0.15) is 43.6 Å². The quantitative estimate of drug-likeness (QED) is 0.186. The fourth-order valence-electron chi connectivity index (χ4n) is 8.59. The predicted molar refractivity (Wildman–Crippen MR) is 204 cm³/mol. The summed E-state index contributed by atoms with van der Waals surface area (Å²) >= 11 is 0. The summed E-state index contributed by atoms with van der Waals surface area (Å²) in [5, 5.41) is 7.64. The lowest BCUT2D eigenvalue weighted by Crippen LogP contribution is -2.06. The Bertz CT molecular complexity index is 2650. The summed E-state index contributed by atoms with van der Waals surface area (Å²) in [7, 11) is 0. The summed E-state index contributed by atoms with van der Waals surface area (Å²) in [4.78, 5) is 0. The molecule has 2 aromatic heterocycles. The molecule has 0 aliphatic heterocycles. The van der Waals surface area contributed by atoms with Crippen molar-refractivity contribution in [2.24, 2.45) is 0 Å². The van der Waals surface area contributed by atoms with Gasteiger partial charge in [-0.05, 0) is 82.6 Å². The Morgan fingerprint density at radius 2 is 1.00 bits per heavy atom. The molecule has 230 valence electrons. The van der Waals surface area contributed by atoms with E-state index in [1.54, 1.807) is 0 Å². The molecule has 0 radical (unpaired) electrons. The zero-order valence-corrected chi connectivity index (χ0v) is 26.9. The smallest absolute Gasteiger partial charge is 0.0788 e. The first-order valence-electron chi connectivity index (χ1n) is 17.5. The first-order valence-corrected chi connectivity index (χ1v) is 17.5. The molecule has 0 unspecified atom stereocenters. The van der Waals surface area contributed by atoms with E-state index in [0.29, 0.717) is 5.92 Å². The lowest BCUT2D eigenvalue weighted by Gasteiger charge is -2.24. The summed E-state index contributed by atoms with van der Waals surface area (Å²) in [6.07, 6.45) is 6.53. The van der Waals surface area contributed by atoms with Gasteiger partial charge in [-0.3, -0.25) is 0 Å². The van der Waals surface area contributed by atoms with E-state index in [2.05, 4.69) is 161 Å². The Morgan fingerprint density at radius 3 is 1.71 bits per heavy atom. The minimum atomic E-state index is 0.596. The molecule has 1 aliphatic rings. The molecule has 1 fully saturated rings. The number of benzene rings is 7. The van der Waals surface area contributed by atoms with Crippen molar-refractivity contribution < 1.29 is 0 Å². The maximum atomic E-state index is 2.57. The van der Waals surface area contributed by atoms with Crippen LogP contribution in [0.3, 0.4) is 0 Å². The second-order valence-corrected chi connectivity index (χ2v) is 13.6. The highest BCUT2D eigenvalue weighted by atomic mass is 15.0. The van der Waals surface area contributed by atoms with E-state index in [0.717, 1.165) is 0 Å². The minimum Gasteiger partial charge on any atom is -0.307 e. The highest BCUT2D eigenvalue weighted by molar-refractivity contribution is 6.23. The number of fused-ring (bicyclic) bond motifs is 8. The van der Waals surface area contributed by atoms with Gasteiger partial charge >= 0.3 is 0 Å². The topological polar surface area (TPSA) is 9.86 Å². The van der Waals surface area contributed by atoms with Gasteiger partial charge in [0.2, 0.25) is 0 Å². The summed E-state index contributed by atoms with van der Waals surface area (Å²) in [5.74, 6) is 0.596. The van der Waals surface area contributed by atoms with E-state index in [-0.39, 0.29) is 0 Å². The molecule has 48 heavy (non-hydrogen) atoms. The molecule has 9 aromatic rings. The van der Waals surface area contributed by atoms with E-state index in [4.69, 9.17) is 0 Å². The monoisotopic (exact) mass is 616 g/mol. The molecule has 2 nitrogen and oxygen atoms in total. The van der Waals surface area contributed by atoms with Crippen molar-refractivity contribution in [2.75, 3.05) is 0 Å². The van der Waals surface area contributed by atoms with Crippen LogP contribution >= 0.6 is 0 Å². The first-order chi connectivity index (χ1) is 23.8. The Balaban J connectivity index is 1.35. The lowest BCUT2D eigenvalue weighted by atomic mass is 9.83. The molecule has 1 saturated carbocycles. The fourth-order valence-corrected chi connectivity index (χ4v) is 8.59. The van der Waals surface area contributed by atoms with Crippen LogP contribution < -0.4 is 0 Å². The van der Waals surface area contributed by atoms with Crippen LogP contribution in [0.15, 0.2) is 152 Å². The third-order valence-corrected chi connectivity index (χ3v) is 10.8. The number of aromatic nitrogens is 2. The molecule has 7 aromatic carbocycles. The minimum absolute atomic E-state index is 0.596. The Hall–Kier alpha value is -5.60. The zero-order chi connectivity index (χ0) is 31.6. The van der Waals surface area contributed by atoms with Gasteiger partial charge in [0.25, 0.3) is 0 Å². The van der Waals surface area contributed by atoms with Crippen LogP contribution in [0, 0.1) is 0 Å². The third-order valence-electron chi connectivity index (χ3n) is 10.8. The highest BCUT2D eigenvalue weighted by Crippen LogP contribution is 2.43. The van der Waals surface area contributed by atoms with Gasteiger partial charge in [0, 0.05) is 32.9 Å². The molecule has 0 N–H and O–H groups in total. The van der Waals surface area contributed by atoms with E-state index in [9.17, 15) is 0 Å². The number of hydrogen-bond donors (Lipinski definition) is 0. The molecule has 1 aliphatic carbocycles. The molecule has 0 spiro atoms. The second-order valence-electron chi connectivity index (χ2n) is 13.6. The van der Waals surface area contributed by atoms with Crippen LogP contribution in [0.2, 0.25) is 0 Å². The van der Waals surface area contributed by atoms with Crippen LogP contribution in [0.4, 0.5) is 0 Å². The van der Waals surface area contributed by atoms with Crippen molar-refractivity contribution in [1.29, 1.82) is 0 Å². The van der Waals surface area contributed by atoms with E-state index in [1.807, 2.05) is 0 Å². The molecule has 2 heterocycles. The Morgan fingerprint density at radius 1 is 0.396 bits per heavy atom. The SMILES string of the molecule is c1ccc(-c2cc(C3CCCCC3)cc(-n3c4ccccc4c4ccc5c6ccccc6n(-c6ccc7ccccc7c6)c5c43)c2)cc1. The van der Waals surface area contributed by atoms with E-state index in [1.165, 1.54) is 115 Å². The maximum absolute atomic E-state index is 2.57. The number of rotatable bonds is 4. The molecule has 0 atom stereocenters. The van der Waals surface area contributed by atoms with Gasteiger partial charge in [-0.1, -0.05) is 135 Å². The van der Waals surface area contributed by atoms with Crippen molar-refractivity contribution in [3.8, 4) is 22.5 Å².